The average Bonchev–Trinajstić information content (AvgIpc) is 2.38. The number of carboxylic acids is 1. The third kappa shape index (κ3) is 3.86. The van der Waals surface area contributed by atoms with Crippen molar-refractivity contribution in [3.8, 4) is 0 Å². The highest BCUT2D eigenvalue weighted by atomic mass is 32.2. The van der Waals surface area contributed by atoms with Gasteiger partial charge in [-0.05, 0) is 44.6 Å². The molecule has 2 rings (SSSR count). The van der Waals surface area contributed by atoms with Crippen LogP contribution in [-0.4, -0.2) is 33.6 Å². The Morgan fingerprint density at radius 2 is 2.26 bits per heavy atom. The monoisotopic (exact) mass is 280 g/mol. The Balaban J connectivity index is 2.08. The predicted molar refractivity (Wildman–Crippen MR) is 79.1 cm³/mol. The van der Waals surface area contributed by atoms with Gasteiger partial charge in [0.05, 0.1) is 5.56 Å². The van der Waals surface area contributed by atoms with Crippen molar-refractivity contribution < 1.29 is 9.90 Å². The largest absolute Gasteiger partial charge is 0.478 e. The van der Waals surface area contributed by atoms with Crippen LogP contribution in [0, 0.1) is 6.92 Å². The lowest BCUT2D eigenvalue weighted by molar-refractivity contribution is 0.0696. The molecule has 0 amide bonds. The number of aryl methyl sites for hydroxylation is 1. The van der Waals surface area contributed by atoms with Gasteiger partial charge in [0, 0.05) is 17.0 Å². The zero-order chi connectivity index (χ0) is 13.8. The van der Waals surface area contributed by atoms with E-state index < -0.39 is 5.97 Å². The van der Waals surface area contributed by atoms with E-state index in [1.165, 1.54) is 12.8 Å². The number of aromatic nitrogens is 1. The lowest BCUT2D eigenvalue weighted by atomic mass is 9.95. The zero-order valence-corrected chi connectivity index (χ0v) is 12.2. The molecule has 2 unspecified atom stereocenters. The molecule has 5 heteroatoms. The average molecular weight is 280 g/mol. The molecule has 1 aromatic rings. The van der Waals surface area contributed by atoms with Gasteiger partial charge in [-0.2, -0.15) is 11.8 Å². The summed E-state index contributed by atoms with van der Waals surface area (Å²) in [4.78, 5) is 15.4. The van der Waals surface area contributed by atoms with Crippen molar-refractivity contribution in [3.63, 3.8) is 0 Å². The van der Waals surface area contributed by atoms with Crippen LogP contribution >= 0.6 is 11.8 Å². The summed E-state index contributed by atoms with van der Waals surface area (Å²) < 4.78 is 0. The van der Waals surface area contributed by atoms with Crippen LogP contribution in [0.15, 0.2) is 12.1 Å². The molecule has 0 aromatic carbocycles. The van der Waals surface area contributed by atoms with E-state index in [1.54, 1.807) is 12.1 Å². The number of hydrogen-bond donors (Lipinski definition) is 2. The highest BCUT2D eigenvalue weighted by Gasteiger charge is 2.21. The second kappa shape index (κ2) is 6.28. The number of carboxylic acid groups (broad SMARTS) is 1. The van der Waals surface area contributed by atoms with E-state index in [0.29, 0.717) is 22.7 Å². The number of anilines is 1. The molecule has 0 bridgehead atoms. The van der Waals surface area contributed by atoms with Crippen molar-refractivity contribution in [2.24, 2.45) is 0 Å². The lowest BCUT2D eigenvalue weighted by Crippen LogP contribution is -2.29. The summed E-state index contributed by atoms with van der Waals surface area (Å²) in [6.07, 6.45) is 6.91. The number of hydrogen-bond acceptors (Lipinski definition) is 4. The highest BCUT2D eigenvalue weighted by Crippen LogP contribution is 2.28. The van der Waals surface area contributed by atoms with Gasteiger partial charge in [-0.15, -0.1) is 0 Å². The van der Waals surface area contributed by atoms with Crippen LogP contribution in [-0.2, 0) is 0 Å². The first kappa shape index (κ1) is 14.2. The first-order valence-electron chi connectivity index (χ1n) is 6.60. The number of carbonyl (C=O) groups is 1. The third-order valence-electron chi connectivity index (χ3n) is 3.51. The molecule has 1 aliphatic rings. The van der Waals surface area contributed by atoms with Crippen LogP contribution in [0.4, 0.5) is 5.82 Å². The van der Waals surface area contributed by atoms with Gasteiger partial charge in [0.25, 0.3) is 0 Å². The summed E-state index contributed by atoms with van der Waals surface area (Å²) >= 11 is 1.92. The van der Waals surface area contributed by atoms with E-state index in [-0.39, 0.29) is 0 Å². The van der Waals surface area contributed by atoms with Gasteiger partial charge < -0.3 is 10.4 Å². The van der Waals surface area contributed by atoms with Gasteiger partial charge in [-0.25, -0.2) is 9.78 Å². The summed E-state index contributed by atoms with van der Waals surface area (Å²) in [5.41, 5.74) is 1.03. The van der Waals surface area contributed by atoms with E-state index in [1.807, 2.05) is 18.7 Å². The van der Waals surface area contributed by atoms with E-state index in [4.69, 9.17) is 5.11 Å². The fourth-order valence-electron chi connectivity index (χ4n) is 2.57. The number of rotatable bonds is 4. The Labute approximate surface area is 118 Å². The predicted octanol–water partition coefficient (Wildman–Crippen LogP) is 3.17. The molecule has 1 heterocycles. The number of pyridine rings is 1. The molecular formula is C14H20N2O2S. The molecular weight excluding hydrogens is 260 g/mol. The smallest absolute Gasteiger partial charge is 0.335 e. The van der Waals surface area contributed by atoms with Crippen LogP contribution in [0.5, 0.6) is 0 Å². The number of thioether (sulfide) groups is 1. The standard InChI is InChI=1S/C14H20N2O2S/c1-9-6-10(14(17)18)7-13(15-9)16-11-4-3-5-12(8-11)19-2/h6-7,11-12H,3-5,8H2,1-2H3,(H,15,16)(H,17,18). The van der Waals surface area contributed by atoms with Crippen molar-refractivity contribution in [1.82, 2.24) is 4.98 Å². The van der Waals surface area contributed by atoms with Gasteiger partial charge in [0.1, 0.15) is 5.82 Å². The fraction of sp³-hybridized carbons (Fsp3) is 0.571. The maximum absolute atomic E-state index is 11.0. The molecule has 104 valence electrons. The summed E-state index contributed by atoms with van der Waals surface area (Å²) in [5.74, 6) is -0.219. The molecule has 0 spiro atoms. The van der Waals surface area contributed by atoms with E-state index >= 15 is 0 Å². The van der Waals surface area contributed by atoms with Gasteiger partial charge in [0.15, 0.2) is 0 Å². The molecule has 4 nitrogen and oxygen atoms in total. The number of nitrogens with one attached hydrogen (secondary N) is 1. The van der Waals surface area contributed by atoms with Crippen molar-refractivity contribution in [2.75, 3.05) is 11.6 Å². The summed E-state index contributed by atoms with van der Waals surface area (Å²) in [6, 6.07) is 3.62. The molecule has 1 saturated carbocycles. The Hall–Kier alpha value is -1.23. The normalized spacial score (nSPS) is 23.1. The quantitative estimate of drug-likeness (QED) is 0.887. The van der Waals surface area contributed by atoms with Crippen molar-refractivity contribution >= 4 is 23.5 Å². The van der Waals surface area contributed by atoms with Crippen LogP contribution in [0.2, 0.25) is 0 Å². The summed E-state index contributed by atoms with van der Waals surface area (Å²) in [6.45, 7) is 1.82. The van der Waals surface area contributed by atoms with Crippen LogP contribution in [0.3, 0.4) is 0 Å². The van der Waals surface area contributed by atoms with Gasteiger partial charge in [0.2, 0.25) is 0 Å². The van der Waals surface area contributed by atoms with Gasteiger partial charge in [-0.1, -0.05) is 6.42 Å². The van der Waals surface area contributed by atoms with E-state index in [9.17, 15) is 4.79 Å². The molecule has 2 atom stereocenters. The minimum Gasteiger partial charge on any atom is -0.478 e. The molecule has 1 aromatic heterocycles. The molecule has 19 heavy (non-hydrogen) atoms. The van der Waals surface area contributed by atoms with Crippen LogP contribution in [0.1, 0.15) is 41.7 Å². The third-order valence-corrected chi connectivity index (χ3v) is 4.61. The molecule has 0 saturated heterocycles. The van der Waals surface area contributed by atoms with Gasteiger partial charge in [-0.3, -0.25) is 0 Å². The van der Waals surface area contributed by atoms with Crippen molar-refractivity contribution in [2.45, 2.75) is 43.9 Å². The minimum atomic E-state index is -0.904. The molecule has 1 fully saturated rings. The molecule has 0 radical (unpaired) electrons. The maximum atomic E-state index is 11.0. The van der Waals surface area contributed by atoms with E-state index in [0.717, 1.165) is 18.5 Å². The van der Waals surface area contributed by atoms with Crippen LogP contribution < -0.4 is 5.32 Å². The van der Waals surface area contributed by atoms with Gasteiger partial charge >= 0.3 is 5.97 Å². The lowest BCUT2D eigenvalue weighted by Gasteiger charge is -2.29. The first-order valence-corrected chi connectivity index (χ1v) is 7.88. The van der Waals surface area contributed by atoms with E-state index in [2.05, 4.69) is 16.6 Å². The van der Waals surface area contributed by atoms with Crippen molar-refractivity contribution in [3.05, 3.63) is 23.4 Å². The minimum absolute atomic E-state index is 0.298. The first-order chi connectivity index (χ1) is 9.08. The number of nitrogens with zero attached hydrogens (tertiary/aromatic N) is 1. The second-order valence-electron chi connectivity index (χ2n) is 5.05. The topological polar surface area (TPSA) is 62.2 Å². The SMILES string of the molecule is CSC1CCCC(Nc2cc(C(=O)O)cc(C)n2)C1. The molecule has 1 aliphatic carbocycles. The summed E-state index contributed by atoms with van der Waals surface area (Å²) in [7, 11) is 0. The fourth-order valence-corrected chi connectivity index (χ4v) is 3.39. The highest BCUT2D eigenvalue weighted by molar-refractivity contribution is 7.99. The zero-order valence-electron chi connectivity index (χ0n) is 11.3. The maximum Gasteiger partial charge on any atom is 0.335 e. The van der Waals surface area contributed by atoms with Crippen LogP contribution in [0.25, 0.3) is 0 Å². The Morgan fingerprint density at radius 1 is 1.47 bits per heavy atom. The second-order valence-corrected chi connectivity index (χ2v) is 6.19. The molecule has 0 aliphatic heterocycles. The number of aromatic carboxylic acids is 1. The Morgan fingerprint density at radius 3 is 2.95 bits per heavy atom. The Bertz CT molecular complexity index is 465. The molecule has 2 N–H and O–H groups in total. The Kier molecular flexibility index (Phi) is 4.69. The van der Waals surface area contributed by atoms with Crippen molar-refractivity contribution in [1.29, 1.82) is 0 Å². The summed E-state index contributed by atoms with van der Waals surface area (Å²) in [5, 5.41) is 13.2.